The Bertz CT molecular complexity index is 471. The maximum Gasteiger partial charge on any atom is 0.368 e. The zero-order valence-corrected chi connectivity index (χ0v) is 12.6. The smallest absolute Gasteiger partial charge is 0.368 e. The van der Waals surface area contributed by atoms with Gasteiger partial charge >= 0.3 is 5.97 Å². The van der Waals surface area contributed by atoms with Crippen molar-refractivity contribution in [1.29, 1.82) is 0 Å². The quantitative estimate of drug-likeness (QED) is 0.0689. The molecule has 2 fully saturated rings. The third kappa shape index (κ3) is 4.49. The highest BCUT2D eigenvalue weighted by atomic mass is 32.3. The minimum atomic E-state index is -4.97. The SMILES string of the molecule is O=C1O[C@H]([C@@H](O)CO)C2([O-])OC12O.O=S(=O)([O-])O[O-].[NH4+].[NH4+].[NH4+]. The van der Waals surface area contributed by atoms with Crippen molar-refractivity contribution >= 4 is 16.4 Å². The molecule has 22 heavy (non-hydrogen) atoms. The molecular weight excluding hydrogens is 338 g/mol. The van der Waals surface area contributed by atoms with Crippen LogP contribution in [0.2, 0.25) is 0 Å². The topological polar surface area (TPSA) is 322 Å². The van der Waals surface area contributed by atoms with Gasteiger partial charge in [-0.1, -0.05) is 0 Å². The van der Waals surface area contributed by atoms with Gasteiger partial charge in [0.05, 0.1) is 6.61 Å². The maximum atomic E-state index is 11.4. The average Bonchev–Trinajstić information content (AvgIpc) is 2.83. The number of aliphatic hydroxyl groups is 3. The second-order valence-electron chi connectivity index (χ2n) is 3.47. The molecule has 0 aliphatic carbocycles. The van der Waals surface area contributed by atoms with Crippen molar-refractivity contribution in [2.45, 2.75) is 23.8 Å². The Kier molecular flexibility index (Phi) is 9.43. The van der Waals surface area contributed by atoms with E-state index >= 15 is 0 Å². The summed E-state index contributed by atoms with van der Waals surface area (Å²) in [5.74, 6) is -6.17. The highest BCUT2D eigenvalue weighted by molar-refractivity contribution is 7.80. The van der Waals surface area contributed by atoms with Crippen LogP contribution in [0.25, 0.3) is 0 Å². The highest BCUT2D eigenvalue weighted by Gasteiger charge is 2.78. The van der Waals surface area contributed by atoms with Gasteiger partial charge in [-0.2, -0.15) is 0 Å². The van der Waals surface area contributed by atoms with Crippen LogP contribution < -0.4 is 28.8 Å². The number of quaternary nitrogens is 3. The van der Waals surface area contributed by atoms with Crippen LogP contribution in [0.5, 0.6) is 0 Å². The molecule has 2 rings (SSSR count). The third-order valence-corrected chi connectivity index (χ3v) is 2.40. The molecule has 15 N–H and O–H groups in total. The Morgan fingerprint density at radius 1 is 1.36 bits per heavy atom. The summed E-state index contributed by atoms with van der Waals surface area (Å²) >= 11 is 0. The minimum absolute atomic E-state index is 0. The normalized spacial score (nSPS) is 32.6. The molecule has 2 unspecified atom stereocenters. The van der Waals surface area contributed by atoms with Crippen LogP contribution in [-0.4, -0.2) is 64.6 Å². The van der Waals surface area contributed by atoms with Crippen molar-refractivity contribution in [3.63, 3.8) is 0 Å². The Labute approximate surface area is 123 Å². The molecule has 0 bridgehead atoms. The molecule has 0 amide bonds. The van der Waals surface area contributed by atoms with Crippen LogP contribution in [0.15, 0.2) is 0 Å². The molecule has 0 aromatic carbocycles. The van der Waals surface area contributed by atoms with Gasteiger partial charge in [-0.05, 0) is 0 Å². The fourth-order valence-electron chi connectivity index (χ4n) is 1.33. The van der Waals surface area contributed by atoms with Crippen LogP contribution in [-0.2, 0) is 29.0 Å². The van der Waals surface area contributed by atoms with Crippen LogP contribution >= 0.6 is 0 Å². The summed E-state index contributed by atoms with van der Waals surface area (Å²) in [7, 11) is -4.97. The second kappa shape index (κ2) is 8.01. The first-order valence-electron chi connectivity index (χ1n) is 4.42. The highest BCUT2D eigenvalue weighted by Crippen LogP contribution is 2.51. The molecule has 2 saturated heterocycles. The number of epoxide rings is 1. The van der Waals surface area contributed by atoms with Crippen LogP contribution in [0, 0.1) is 0 Å². The third-order valence-electron chi connectivity index (χ3n) is 2.24. The lowest BCUT2D eigenvalue weighted by molar-refractivity contribution is -0.637. The van der Waals surface area contributed by atoms with Gasteiger partial charge in [0, 0.05) is 0 Å². The van der Waals surface area contributed by atoms with E-state index in [-0.39, 0.29) is 18.5 Å². The second-order valence-corrected chi connectivity index (χ2v) is 4.42. The van der Waals surface area contributed by atoms with E-state index in [1.54, 1.807) is 0 Å². The predicted octanol–water partition coefficient (Wildman–Crippen LogP) is -5.09. The maximum absolute atomic E-state index is 11.4. The lowest BCUT2D eigenvalue weighted by Gasteiger charge is -2.25. The summed E-state index contributed by atoms with van der Waals surface area (Å²) < 4.78 is 37.4. The number of carbonyl (C=O) groups excluding carboxylic acids is 1. The first-order valence-corrected chi connectivity index (χ1v) is 5.75. The Morgan fingerprint density at radius 3 is 1.95 bits per heavy atom. The van der Waals surface area contributed by atoms with Crippen LogP contribution in [0.1, 0.15) is 0 Å². The Hall–Kier alpha value is -1.02. The van der Waals surface area contributed by atoms with Gasteiger partial charge in [0.15, 0.2) is 0 Å². The first-order chi connectivity index (χ1) is 8.52. The van der Waals surface area contributed by atoms with E-state index < -0.39 is 46.8 Å². The number of hydrogen-bond donors (Lipinski definition) is 6. The zero-order valence-electron chi connectivity index (χ0n) is 11.8. The predicted molar refractivity (Wildman–Crippen MR) is 60.5 cm³/mol. The molecule has 136 valence electrons. The Morgan fingerprint density at radius 2 is 1.77 bits per heavy atom. The number of rotatable bonds is 3. The lowest BCUT2D eigenvalue weighted by atomic mass is 10.1. The van der Waals surface area contributed by atoms with Crippen LogP contribution in [0.4, 0.5) is 0 Å². The summed E-state index contributed by atoms with van der Waals surface area (Å²) in [4.78, 5) is 10.8. The number of fused-ring (bicyclic) bond motifs is 1. The summed E-state index contributed by atoms with van der Waals surface area (Å²) in [6, 6.07) is 0. The number of ether oxygens (including phenoxy) is 2. The number of cyclic esters (lactones) is 1. The van der Waals surface area contributed by atoms with E-state index in [9.17, 15) is 9.90 Å². The zero-order chi connectivity index (χ0) is 15.1. The summed E-state index contributed by atoms with van der Waals surface area (Å²) in [6.45, 7) is -0.749. The minimum Gasteiger partial charge on any atom is -0.821 e. The van der Waals surface area contributed by atoms with E-state index in [1.165, 1.54) is 0 Å². The van der Waals surface area contributed by atoms with Crippen molar-refractivity contribution in [2.75, 3.05) is 6.61 Å². The van der Waals surface area contributed by atoms with E-state index in [0.29, 0.717) is 0 Å². The largest absolute Gasteiger partial charge is 0.821 e. The monoisotopic (exact) mass is 357 g/mol. The summed E-state index contributed by atoms with van der Waals surface area (Å²) in [6.07, 6.45) is -3.10. The van der Waals surface area contributed by atoms with E-state index in [2.05, 4.69) is 13.8 Å². The fourth-order valence-corrected chi connectivity index (χ4v) is 1.33. The van der Waals surface area contributed by atoms with E-state index in [4.69, 9.17) is 33.5 Å². The molecule has 15 nitrogen and oxygen atoms in total. The molecular formula is C6H19N3O12S. The Balaban J connectivity index is -0.000000355. The average molecular weight is 357 g/mol. The molecule has 0 aromatic heterocycles. The molecule has 2 heterocycles. The van der Waals surface area contributed by atoms with Crippen molar-refractivity contribution < 1.29 is 57.3 Å². The summed E-state index contributed by atoms with van der Waals surface area (Å²) in [5, 5.41) is 46.5. The molecule has 0 spiro atoms. The molecule has 16 heteroatoms. The van der Waals surface area contributed by atoms with Gasteiger partial charge in [0.1, 0.15) is 18.0 Å². The number of esters is 1. The van der Waals surface area contributed by atoms with Gasteiger partial charge < -0.3 is 62.5 Å². The standard InChI is InChI=1S/C6H7O7.3H3N.H2O5S/c7-1-2(8)3-5(10)6(11,13-5)4(9)12-3;;;;1-5-6(2,3)4/h2-3,7-8,11H,1H2;3*1H3;1H,(H,2,3,4)/q-1;;;;/p+1/t2-,3+,5?,6?;;;;/m0..../s1. The van der Waals surface area contributed by atoms with Gasteiger partial charge in [-0.3, -0.25) is 0 Å². The van der Waals surface area contributed by atoms with Crippen molar-refractivity contribution in [2.24, 2.45) is 0 Å². The number of carbonyl (C=O) groups is 1. The fraction of sp³-hybridized carbons (Fsp3) is 0.833. The molecule has 0 radical (unpaired) electrons. The van der Waals surface area contributed by atoms with Gasteiger partial charge in [-0.25, -0.2) is 13.2 Å². The molecule has 0 saturated carbocycles. The lowest BCUT2D eigenvalue weighted by Crippen LogP contribution is -2.50. The van der Waals surface area contributed by atoms with Crippen molar-refractivity contribution in [1.82, 2.24) is 18.5 Å². The van der Waals surface area contributed by atoms with E-state index in [0.717, 1.165) is 0 Å². The summed E-state index contributed by atoms with van der Waals surface area (Å²) in [5.41, 5.74) is 0. The van der Waals surface area contributed by atoms with Crippen molar-refractivity contribution in [3.05, 3.63) is 0 Å². The molecule has 2 aliphatic rings. The first kappa shape index (κ1) is 25.9. The molecule has 2 aliphatic heterocycles. The number of hydrogen-bond acceptors (Lipinski definition) is 12. The molecule has 0 aromatic rings. The van der Waals surface area contributed by atoms with Gasteiger partial charge in [0.2, 0.25) is 10.4 Å². The number of aliphatic hydroxyl groups excluding tert-OH is 2. The van der Waals surface area contributed by atoms with Gasteiger partial charge in [0.25, 0.3) is 5.79 Å². The van der Waals surface area contributed by atoms with Gasteiger partial charge in [-0.15, -0.1) is 0 Å². The van der Waals surface area contributed by atoms with Crippen LogP contribution in [0.3, 0.4) is 0 Å². The van der Waals surface area contributed by atoms with Crippen molar-refractivity contribution in [3.8, 4) is 0 Å². The van der Waals surface area contributed by atoms with E-state index in [1.807, 2.05) is 0 Å². The molecule has 4 atom stereocenters.